The van der Waals surface area contributed by atoms with Gasteiger partial charge in [0.1, 0.15) is 17.4 Å². The van der Waals surface area contributed by atoms with Crippen LogP contribution in [0.2, 0.25) is 0 Å². The average Bonchev–Trinajstić information content (AvgIpc) is 2.73. The molecular weight excluding hydrogens is 410 g/mol. The summed E-state index contributed by atoms with van der Waals surface area (Å²) in [6, 6.07) is 15.0. The fraction of sp³-hybridized carbons (Fsp3) is 0.320. The van der Waals surface area contributed by atoms with Gasteiger partial charge in [0, 0.05) is 23.9 Å². The Balaban J connectivity index is 1.73. The molecule has 2 aromatic carbocycles. The van der Waals surface area contributed by atoms with Crippen molar-refractivity contribution in [2.75, 3.05) is 0 Å². The third kappa shape index (κ3) is 5.97. The number of fused-ring (bicyclic) bond motifs is 1. The Hall–Kier alpha value is -3.61. The van der Waals surface area contributed by atoms with E-state index in [9.17, 15) is 14.4 Å². The number of esters is 1. The molecule has 0 radical (unpaired) electrons. The molecule has 0 aliphatic rings. The molecule has 32 heavy (non-hydrogen) atoms. The predicted molar refractivity (Wildman–Crippen MR) is 121 cm³/mol. The number of benzene rings is 2. The second kappa shape index (κ2) is 10.1. The lowest BCUT2D eigenvalue weighted by Crippen LogP contribution is -2.48. The van der Waals surface area contributed by atoms with Crippen LogP contribution in [-0.4, -0.2) is 30.1 Å². The summed E-state index contributed by atoms with van der Waals surface area (Å²) >= 11 is 0. The first-order valence-corrected chi connectivity index (χ1v) is 10.5. The molecule has 1 N–H and O–H groups in total. The maximum atomic E-state index is 12.8. The van der Waals surface area contributed by atoms with Crippen LogP contribution < -0.4 is 15.7 Å². The van der Waals surface area contributed by atoms with Crippen LogP contribution in [-0.2, 0) is 20.7 Å². The third-order valence-electron chi connectivity index (χ3n) is 4.84. The minimum atomic E-state index is -0.894. The van der Waals surface area contributed by atoms with Crippen LogP contribution in [0.1, 0.15) is 31.9 Å². The molecule has 1 aromatic heterocycles. The van der Waals surface area contributed by atoms with Crippen molar-refractivity contribution < 1.29 is 23.5 Å². The summed E-state index contributed by atoms with van der Waals surface area (Å²) in [7, 11) is 0. The first-order chi connectivity index (χ1) is 15.2. The van der Waals surface area contributed by atoms with Crippen molar-refractivity contribution in [2.45, 2.75) is 52.4 Å². The van der Waals surface area contributed by atoms with E-state index in [1.54, 1.807) is 39.0 Å². The van der Waals surface area contributed by atoms with E-state index in [4.69, 9.17) is 13.9 Å². The SMILES string of the molecule is Cc1cc(=O)oc2cc(O[C@@H](C)C(=O)N[C@H](Cc3ccccc3)C(=O)OC(C)C)ccc12. The normalized spacial score (nSPS) is 12.9. The molecule has 168 valence electrons. The molecule has 1 amide bonds. The van der Waals surface area contributed by atoms with Gasteiger partial charge in [-0.05, 0) is 51.0 Å². The van der Waals surface area contributed by atoms with Gasteiger partial charge in [-0.1, -0.05) is 30.3 Å². The van der Waals surface area contributed by atoms with Crippen molar-refractivity contribution in [3.63, 3.8) is 0 Å². The average molecular weight is 437 g/mol. The lowest BCUT2D eigenvalue weighted by Gasteiger charge is -2.22. The summed E-state index contributed by atoms with van der Waals surface area (Å²) in [6.45, 7) is 6.91. The lowest BCUT2D eigenvalue weighted by molar-refractivity contribution is -0.152. The Kier molecular flexibility index (Phi) is 7.30. The quantitative estimate of drug-likeness (QED) is 0.428. The summed E-state index contributed by atoms with van der Waals surface area (Å²) < 4.78 is 16.3. The van der Waals surface area contributed by atoms with Crippen molar-refractivity contribution in [3.05, 3.63) is 76.1 Å². The first kappa shape index (κ1) is 23.1. The fourth-order valence-electron chi connectivity index (χ4n) is 3.28. The highest BCUT2D eigenvalue weighted by Gasteiger charge is 2.26. The molecule has 0 unspecified atom stereocenters. The first-order valence-electron chi connectivity index (χ1n) is 10.5. The van der Waals surface area contributed by atoms with Crippen molar-refractivity contribution in [3.8, 4) is 5.75 Å². The standard InChI is InChI=1S/C25H27NO6/c1-15(2)30-25(29)21(13-18-8-6-5-7-9-18)26-24(28)17(4)31-19-10-11-20-16(3)12-23(27)32-22(20)14-19/h5-12,14-15,17,21H,13H2,1-4H3,(H,26,28)/t17-,21+/m0/s1. The Bertz CT molecular complexity index is 1150. The maximum absolute atomic E-state index is 12.8. The molecule has 2 atom stereocenters. The monoisotopic (exact) mass is 437 g/mol. The Morgan fingerprint density at radius 2 is 1.75 bits per heavy atom. The second-order valence-corrected chi connectivity index (χ2v) is 7.90. The highest BCUT2D eigenvalue weighted by molar-refractivity contribution is 5.87. The zero-order chi connectivity index (χ0) is 23.3. The van der Waals surface area contributed by atoms with Crippen LogP contribution >= 0.6 is 0 Å². The van der Waals surface area contributed by atoms with Crippen molar-refractivity contribution >= 4 is 22.8 Å². The molecule has 3 rings (SSSR count). The molecule has 0 aliphatic heterocycles. The van der Waals surface area contributed by atoms with Crippen LogP contribution in [0.15, 0.2) is 63.8 Å². The maximum Gasteiger partial charge on any atom is 0.336 e. The minimum absolute atomic E-state index is 0.297. The fourth-order valence-corrected chi connectivity index (χ4v) is 3.28. The van der Waals surface area contributed by atoms with Crippen LogP contribution in [0, 0.1) is 6.92 Å². The van der Waals surface area contributed by atoms with Gasteiger partial charge in [-0.15, -0.1) is 0 Å². The highest BCUT2D eigenvalue weighted by Crippen LogP contribution is 2.23. The van der Waals surface area contributed by atoms with Gasteiger partial charge in [0.2, 0.25) is 0 Å². The van der Waals surface area contributed by atoms with Crippen LogP contribution in [0.3, 0.4) is 0 Å². The number of carbonyl (C=O) groups is 2. The van der Waals surface area contributed by atoms with Crippen LogP contribution in [0.25, 0.3) is 11.0 Å². The molecule has 7 heteroatoms. The molecule has 7 nitrogen and oxygen atoms in total. The number of hydrogen-bond donors (Lipinski definition) is 1. The summed E-state index contributed by atoms with van der Waals surface area (Å²) in [5, 5.41) is 3.52. The van der Waals surface area contributed by atoms with E-state index in [1.807, 2.05) is 37.3 Å². The number of carbonyl (C=O) groups excluding carboxylic acids is 2. The second-order valence-electron chi connectivity index (χ2n) is 7.90. The largest absolute Gasteiger partial charge is 0.481 e. The van der Waals surface area contributed by atoms with Gasteiger partial charge in [0.05, 0.1) is 6.10 Å². The van der Waals surface area contributed by atoms with Crippen LogP contribution in [0.4, 0.5) is 0 Å². The van der Waals surface area contributed by atoms with Gasteiger partial charge in [-0.25, -0.2) is 9.59 Å². The topological polar surface area (TPSA) is 94.8 Å². The summed E-state index contributed by atoms with van der Waals surface area (Å²) in [5.74, 6) is -0.594. The smallest absolute Gasteiger partial charge is 0.336 e. The summed E-state index contributed by atoms with van der Waals surface area (Å²) in [6.07, 6.45) is -0.901. The van der Waals surface area contributed by atoms with E-state index in [-0.39, 0.29) is 6.10 Å². The van der Waals surface area contributed by atoms with E-state index < -0.39 is 29.6 Å². The van der Waals surface area contributed by atoms with Gasteiger partial charge >= 0.3 is 11.6 Å². The molecule has 0 saturated carbocycles. The van der Waals surface area contributed by atoms with Gasteiger partial charge < -0.3 is 19.2 Å². The molecular formula is C25H27NO6. The van der Waals surface area contributed by atoms with Crippen LogP contribution in [0.5, 0.6) is 5.75 Å². The number of aryl methyl sites for hydroxylation is 1. The van der Waals surface area contributed by atoms with Crippen molar-refractivity contribution in [2.24, 2.45) is 0 Å². The molecule has 1 heterocycles. The van der Waals surface area contributed by atoms with Gasteiger partial charge in [0.15, 0.2) is 6.10 Å². The van der Waals surface area contributed by atoms with E-state index in [1.165, 1.54) is 6.07 Å². The number of amides is 1. The van der Waals surface area contributed by atoms with E-state index in [2.05, 4.69) is 5.32 Å². The number of hydrogen-bond acceptors (Lipinski definition) is 6. The van der Waals surface area contributed by atoms with E-state index in [0.29, 0.717) is 17.8 Å². The van der Waals surface area contributed by atoms with Gasteiger partial charge in [-0.3, -0.25) is 4.79 Å². The molecule has 0 spiro atoms. The van der Waals surface area contributed by atoms with Gasteiger partial charge in [-0.2, -0.15) is 0 Å². The molecule has 0 bridgehead atoms. The zero-order valence-electron chi connectivity index (χ0n) is 18.6. The Labute approximate surface area is 186 Å². The Morgan fingerprint density at radius 1 is 1.03 bits per heavy atom. The van der Waals surface area contributed by atoms with Crippen molar-refractivity contribution in [1.82, 2.24) is 5.32 Å². The molecule has 3 aromatic rings. The van der Waals surface area contributed by atoms with Gasteiger partial charge in [0.25, 0.3) is 5.91 Å². The zero-order valence-corrected chi connectivity index (χ0v) is 18.6. The Morgan fingerprint density at radius 3 is 2.44 bits per heavy atom. The number of rotatable bonds is 8. The number of ether oxygens (including phenoxy) is 2. The molecule has 0 aliphatic carbocycles. The number of nitrogens with one attached hydrogen (secondary N) is 1. The minimum Gasteiger partial charge on any atom is -0.481 e. The molecule has 0 fully saturated rings. The summed E-state index contributed by atoms with van der Waals surface area (Å²) in [5.41, 5.74) is 1.61. The predicted octanol–water partition coefficient (Wildman–Crippen LogP) is 3.55. The van der Waals surface area contributed by atoms with E-state index in [0.717, 1.165) is 16.5 Å². The molecule has 0 saturated heterocycles. The summed E-state index contributed by atoms with van der Waals surface area (Å²) in [4.78, 5) is 37.0. The highest BCUT2D eigenvalue weighted by atomic mass is 16.5. The third-order valence-corrected chi connectivity index (χ3v) is 4.84. The lowest BCUT2D eigenvalue weighted by atomic mass is 10.1. The van der Waals surface area contributed by atoms with Crippen molar-refractivity contribution in [1.29, 1.82) is 0 Å². The van der Waals surface area contributed by atoms with E-state index >= 15 is 0 Å².